The minimum absolute atomic E-state index is 0.0902. The molecule has 1 aromatic heterocycles. The van der Waals surface area contributed by atoms with Crippen molar-refractivity contribution < 1.29 is 14.3 Å². The number of aryl methyl sites for hydroxylation is 1. The number of hydrogen-bond donors (Lipinski definition) is 2. The molecular formula is C33H39N3O3. The van der Waals surface area contributed by atoms with Gasteiger partial charge >= 0.3 is 0 Å². The Balaban J connectivity index is 1.54. The Labute approximate surface area is 231 Å². The smallest absolute Gasteiger partial charge is 0.258 e. The number of ether oxygens (including phenoxy) is 1. The van der Waals surface area contributed by atoms with Gasteiger partial charge in [-0.05, 0) is 85.7 Å². The van der Waals surface area contributed by atoms with Crippen LogP contribution < -0.4 is 15.8 Å². The van der Waals surface area contributed by atoms with E-state index in [4.69, 9.17) is 10.5 Å². The van der Waals surface area contributed by atoms with Crippen LogP contribution in [0.5, 0.6) is 5.75 Å². The Morgan fingerprint density at radius 3 is 2.31 bits per heavy atom. The standard InChI is InChI=1S/C33H39N3O3/c1-20-22(3)36(19-24-9-8-10-28(17-24)39-23(4)31(34)37)30-16-13-26(18-29(20)30)32(38)35-21(2)25-11-14-27(15-12-25)33(5,6)7/h8-18,21,23H,19H2,1-7H3,(H2,34,37)(H,35,38)/t21-,23?/m0/s1. The van der Waals surface area contributed by atoms with Gasteiger partial charge in [0.2, 0.25) is 0 Å². The summed E-state index contributed by atoms with van der Waals surface area (Å²) < 4.78 is 7.91. The van der Waals surface area contributed by atoms with Crippen LogP contribution >= 0.6 is 0 Å². The van der Waals surface area contributed by atoms with Crippen molar-refractivity contribution in [3.8, 4) is 5.75 Å². The second-order valence-corrected chi connectivity index (χ2v) is 11.4. The molecule has 4 aromatic rings. The molecule has 4 rings (SSSR count). The lowest BCUT2D eigenvalue weighted by molar-refractivity contribution is -0.123. The average Bonchev–Trinajstić information content (AvgIpc) is 3.12. The van der Waals surface area contributed by atoms with Gasteiger partial charge in [0, 0.05) is 28.7 Å². The fourth-order valence-electron chi connectivity index (χ4n) is 4.79. The highest BCUT2D eigenvalue weighted by Gasteiger charge is 2.18. The predicted octanol–water partition coefficient (Wildman–Crippen LogP) is 6.35. The van der Waals surface area contributed by atoms with Gasteiger partial charge < -0.3 is 20.4 Å². The molecule has 0 spiro atoms. The molecule has 6 nitrogen and oxygen atoms in total. The van der Waals surface area contributed by atoms with Gasteiger partial charge in [0.1, 0.15) is 5.75 Å². The lowest BCUT2D eigenvalue weighted by Gasteiger charge is -2.21. The first-order chi connectivity index (χ1) is 18.3. The van der Waals surface area contributed by atoms with Crippen LogP contribution in [0.25, 0.3) is 10.9 Å². The average molecular weight is 526 g/mol. The molecule has 3 N–H and O–H groups in total. The Hall–Kier alpha value is -4.06. The van der Waals surface area contributed by atoms with E-state index in [0.717, 1.165) is 33.3 Å². The SMILES string of the molecule is Cc1c(C)n(Cc2cccc(OC(C)C(N)=O)c2)c2ccc(C(=O)N[C@@H](C)c3ccc(C(C)(C)C)cc3)cc12. The number of nitrogens with zero attached hydrogens (tertiary/aromatic N) is 1. The molecule has 0 saturated carbocycles. The predicted molar refractivity (Wildman–Crippen MR) is 157 cm³/mol. The van der Waals surface area contributed by atoms with E-state index in [1.165, 1.54) is 5.56 Å². The van der Waals surface area contributed by atoms with E-state index in [9.17, 15) is 9.59 Å². The van der Waals surface area contributed by atoms with Gasteiger partial charge in [-0.3, -0.25) is 9.59 Å². The van der Waals surface area contributed by atoms with Crippen LogP contribution in [0.15, 0.2) is 66.7 Å². The summed E-state index contributed by atoms with van der Waals surface area (Å²) in [6.07, 6.45) is -0.702. The molecule has 1 heterocycles. The molecule has 0 aliphatic carbocycles. The Morgan fingerprint density at radius 1 is 0.974 bits per heavy atom. The maximum absolute atomic E-state index is 13.2. The van der Waals surface area contributed by atoms with Crippen molar-refractivity contribution in [2.45, 2.75) is 72.6 Å². The number of nitrogens with one attached hydrogen (secondary N) is 1. The number of fused-ring (bicyclic) bond motifs is 1. The lowest BCUT2D eigenvalue weighted by Crippen LogP contribution is -2.30. The molecule has 6 heteroatoms. The highest BCUT2D eigenvalue weighted by atomic mass is 16.5. The van der Waals surface area contributed by atoms with Crippen LogP contribution in [-0.4, -0.2) is 22.5 Å². The zero-order valence-electron chi connectivity index (χ0n) is 24.0. The molecule has 0 fully saturated rings. The van der Waals surface area contributed by atoms with E-state index in [-0.39, 0.29) is 17.4 Å². The monoisotopic (exact) mass is 525 g/mol. The second-order valence-electron chi connectivity index (χ2n) is 11.4. The number of carbonyl (C=O) groups excluding carboxylic acids is 2. The molecule has 0 saturated heterocycles. The normalized spacial score (nSPS) is 13.2. The number of carbonyl (C=O) groups is 2. The molecule has 0 bridgehead atoms. The van der Waals surface area contributed by atoms with Crippen molar-refractivity contribution in [1.82, 2.24) is 9.88 Å². The summed E-state index contributed by atoms with van der Waals surface area (Å²) in [6, 6.07) is 21.9. The maximum atomic E-state index is 13.2. The van der Waals surface area contributed by atoms with Gasteiger partial charge in [0.15, 0.2) is 6.10 Å². The Bertz CT molecular complexity index is 1510. The number of benzene rings is 3. The summed E-state index contributed by atoms with van der Waals surface area (Å²) in [4.78, 5) is 24.6. The third kappa shape index (κ3) is 6.17. The Kier molecular flexibility index (Phi) is 7.86. The number of rotatable bonds is 8. The van der Waals surface area contributed by atoms with E-state index in [1.54, 1.807) is 6.92 Å². The second kappa shape index (κ2) is 11.0. The van der Waals surface area contributed by atoms with Gasteiger partial charge in [0.05, 0.1) is 6.04 Å². The summed E-state index contributed by atoms with van der Waals surface area (Å²) in [5, 5.41) is 4.21. The van der Waals surface area contributed by atoms with Crippen LogP contribution in [0.1, 0.15) is 79.0 Å². The molecule has 2 atom stereocenters. The van der Waals surface area contributed by atoms with Crippen LogP contribution in [0, 0.1) is 13.8 Å². The molecule has 1 unspecified atom stereocenters. The quantitative estimate of drug-likeness (QED) is 0.281. The molecular weight excluding hydrogens is 486 g/mol. The summed E-state index contributed by atoms with van der Waals surface area (Å²) in [7, 11) is 0. The van der Waals surface area contributed by atoms with Crippen molar-refractivity contribution in [3.05, 3.63) is 100 Å². The van der Waals surface area contributed by atoms with Crippen LogP contribution in [0.3, 0.4) is 0 Å². The van der Waals surface area contributed by atoms with E-state index < -0.39 is 12.0 Å². The third-order valence-electron chi connectivity index (χ3n) is 7.48. The van der Waals surface area contributed by atoms with E-state index in [0.29, 0.717) is 17.9 Å². The highest BCUT2D eigenvalue weighted by Crippen LogP contribution is 2.29. The van der Waals surface area contributed by atoms with E-state index in [1.807, 2.05) is 49.4 Å². The number of aromatic nitrogens is 1. The largest absolute Gasteiger partial charge is 0.481 e. The Morgan fingerprint density at radius 2 is 1.67 bits per heavy atom. The van der Waals surface area contributed by atoms with Crippen LogP contribution in [-0.2, 0) is 16.8 Å². The zero-order chi connectivity index (χ0) is 28.5. The molecule has 3 aromatic carbocycles. The van der Waals surface area contributed by atoms with E-state index in [2.05, 4.69) is 68.8 Å². The van der Waals surface area contributed by atoms with Gasteiger partial charge in [-0.25, -0.2) is 0 Å². The minimum atomic E-state index is -0.702. The number of nitrogens with two attached hydrogens (primary N) is 1. The molecule has 2 amide bonds. The molecule has 0 radical (unpaired) electrons. The van der Waals surface area contributed by atoms with Crippen molar-refractivity contribution in [2.24, 2.45) is 5.73 Å². The van der Waals surface area contributed by atoms with Crippen LogP contribution in [0.2, 0.25) is 0 Å². The first kappa shape index (κ1) is 28.0. The molecule has 39 heavy (non-hydrogen) atoms. The molecule has 0 aliphatic rings. The number of hydrogen-bond acceptors (Lipinski definition) is 3. The fourth-order valence-corrected chi connectivity index (χ4v) is 4.79. The topological polar surface area (TPSA) is 86.3 Å². The minimum Gasteiger partial charge on any atom is -0.481 e. The van der Waals surface area contributed by atoms with Gasteiger partial charge in [-0.15, -0.1) is 0 Å². The maximum Gasteiger partial charge on any atom is 0.258 e. The van der Waals surface area contributed by atoms with Crippen molar-refractivity contribution >= 4 is 22.7 Å². The lowest BCUT2D eigenvalue weighted by atomic mass is 9.86. The van der Waals surface area contributed by atoms with Gasteiger partial charge in [-0.2, -0.15) is 0 Å². The van der Waals surface area contributed by atoms with E-state index >= 15 is 0 Å². The van der Waals surface area contributed by atoms with Gasteiger partial charge in [0.25, 0.3) is 11.8 Å². The summed E-state index contributed by atoms with van der Waals surface area (Å²) in [5.74, 6) is 0.00392. The summed E-state index contributed by atoms with van der Waals surface area (Å²) >= 11 is 0. The number of primary amides is 1. The third-order valence-corrected chi connectivity index (χ3v) is 7.48. The first-order valence-electron chi connectivity index (χ1n) is 13.4. The number of amides is 2. The van der Waals surface area contributed by atoms with Crippen molar-refractivity contribution in [1.29, 1.82) is 0 Å². The van der Waals surface area contributed by atoms with Gasteiger partial charge in [-0.1, -0.05) is 57.2 Å². The van der Waals surface area contributed by atoms with Crippen molar-refractivity contribution in [3.63, 3.8) is 0 Å². The molecule has 0 aliphatic heterocycles. The molecule has 204 valence electrons. The zero-order valence-corrected chi connectivity index (χ0v) is 24.0. The summed E-state index contributed by atoms with van der Waals surface area (Å²) in [6.45, 7) is 15.0. The highest BCUT2D eigenvalue weighted by molar-refractivity contribution is 5.99. The van der Waals surface area contributed by atoms with Crippen molar-refractivity contribution in [2.75, 3.05) is 0 Å². The first-order valence-corrected chi connectivity index (χ1v) is 13.4. The fraction of sp³-hybridized carbons (Fsp3) is 0.333. The van der Waals surface area contributed by atoms with Crippen LogP contribution in [0.4, 0.5) is 0 Å². The summed E-state index contributed by atoms with van der Waals surface area (Å²) in [5.41, 5.74) is 12.8.